The average Bonchev–Trinajstić information content (AvgIpc) is 3.11. The number of carboxylic acids is 2. The maximum atomic E-state index is 13.1. The van der Waals surface area contributed by atoms with Crippen molar-refractivity contribution in [2.45, 2.75) is 180 Å². The van der Waals surface area contributed by atoms with E-state index in [4.69, 9.17) is 18.9 Å². The number of hydrogen-bond donors (Lipinski definition) is 9. The molecule has 6 fully saturated rings. The largest absolute Gasteiger partial charge is 0.481 e. The van der Waals surface area contributed by atoms with E-state index in [1.807, 2.05) is 0 Å². The highest BCUT2D eigenvalue weighted by molar-refractivity contribution is 5.77. The van der Waals surface area contributed by atoms with Crippen LogP contribution < -0.4 is 0 Å². The first kappa shape index (κ1) is 43.3. The van der Waals surface area contributed by atoms with Gasteiger partial charge in [-0.3, -0.25) is 4.79 Å². The Bertz CT molecular complexity index is 1600. The minimum atomic E-state index is -1.95. The van der Waals surface area contributed by atoms with Crippen LogP contribution in [0.3, 0.4) is 0 Å². The third-order valence-electron chi connectivity index (χ3n) is 17.2. The van der Waals surface area contributed by atoms with Crippen molar-refractivity contribution in [3.05, 3.63) is 11.6 Å². The number of aliphatic hydroxyl groups excluding tert-OH is 7. The van der Waals surface area contributed by atoms with Crippen LogP contribution in [-0.4, -0.2) is 138 Å². The molecule has 0 spiro atoms. The van der Waals surface area contributed by atoms with Crippen LogP contribution in [0.25, 0.3) is 0 Å². The Kier molecular flexibility index (Phi) is 11.0. The molecule has 19 atom stereocenters. The maximum absolute atomic E-state index is 13.1. The molecule has 5 aliphatic carbocycles. The first-order chi connectivity index (χ1) is 26.4. The summed E-state index contributed by atoms with van der Waals surface area (Å²) in [5.41, 5.74) is -1.40. The molecule has 0 aromatic heterocycles. The second-order valence-electron chi connectivity index (χ2n) is 20.8. The molecule has 15 nitrogen and oxygen atoms in total. The predicted octanol–water partition coefficient (Wildman–Crippen LogP) is 1.95. The van der Waals surface area contributed by atoms with E-state index in [0.29, 0.717) is 25.7 Å². The first-order valence-electron chi connectivity index (χ1n) is 20.9. The number of aliphatic carboxylic acids is 2. The second-order valence-corrected chi connectivity index (χ2v) is 20.8. The van der Waals surface area contributed by atoms with E-state index < -0.39 is 108 Å². The highest BCUT2D eigenvalue weighted by Gasteiger charge is 2.71. The molecule has 324 valence electrons. The van der Waals surface area contributed by atoms with E-state index >= 15 is 0 Å². The van der Waals surface area contributed by atoms with Gasteiger partial charge in [0.2, 0.25) is 0 Å². The van der Waals surface area contributed by atoms with Crippen molar-refractivity contribution in [1.82, 2.24) is 0 Å². The first-order valence-corrected chi connectivity index (χ1v) is 20.9. The Morgan fingerprint density at radius 3 is 2.05 bits per heavy atom. The molecule has 19 unspecified atom stereocenters. The smallest absolute Gasteiger partial charge is 0.335 e. The lowest BCUT2D eigenvalue weighted by Gasteiger charge is -2.71. The number of carbonyl (C=O) groups is 2. The average molecular weight is 811 g/mol. The summed E-state index contributed by atoms with van der Waals surface area (Å²) in [5.74, 6) is -2.37. The van der Waals surface area contributed by atoms with E-state index in [-0.39, 0.29) is 34.0 Å². The topological polar surface area (TPSA) is 253 Å². The lowest BCUT2D eigenvalue weighted by atomic mass is 9.33. The van der Waals surface area contributed by atoms with Crippen LogP contribution in [0.5, 0.6) is 0 Å². The highest BCUT2D eigenvalue weighted by Crippen LogP contribution is 2.76. The van der Waals surface area contributed by atoms with E-state index in [1.54, 1.807) is 0 Å². The van der Waals surface area contributed by atoms with Gasteiger partial charge in [-0.15, -0.1) is 0 Å². The number of hydrogen-bond acceptors (Lipinski definition) is 13. The standard InChI is InChI=1S/C42H66O15/c1-37(2)14-15-42(36(52)53)20(16-37)19-8-9-23-39(5)12-11-25(38(3,4)22(39)10-13-40(23,6)41(19,7)17-24(42)44)55-35-30(49)31(29(48)32(57-35)33(50)51)56-34-28(47)27(46)26(45)21(18-43)54-34/h8,20-32,34-35,43-49H,9-18H2,1-7H3,(H,50,51)(H,52,53). The van der Waals surface area contributed by atoms with E-state index in [1.165, 1.54) is 5.57 Å². The van der Waals surface area contributed by atoms with Gasteiger partial charge in [0.15, 0.2) is 18.7 Å². The van der Waals surface area contributed by atoms with Crippen LogP contribution in [0.2, 0.25) is 0 Å². The van der Waals surface area contributed by atoms with Crippen LogP contribution in [0.15, 0.2) is 11.6 Å². The molecule has 0 amide bonds. The summed E-state index contributed by atoms with van der Waals surface area (Å²) in [5, 5.41) is 96.1. The van der Waals surface area contributed by atoms with E-state index in [9.17, 15) is 55.5 Å². The quantitative estimate of drug-likeness (QED) is 0.132. The molecule has 4 saturated carbocycles. The summed E-state index contributed by atoms with van der Waals surface area (Å²) in [7, 11) is 0. The molecule has 2 aliphatic heterocycles. The number of ether oxygens (including phenoxy) is 4. The van der Waals surface area contributed by atoms with Crippen molar-refractivity contribution >= 4 is 11.9 Å². The predicted molar refractivity (Wildman–Crippen MR) is 200 cm³/mol. The van der Waals surface area contributed by atoms with E-state index in [2.05, 4.69) is 54.5 Å². The number of aliphatic hydroxyl groups is 7. The number of allylic oxidation sites excluding steroid dienone is 2. The van der Waals surface area contributed by atoms with Gasteiger partial charge < -0.3 is 64.9 Å². The van der Waals surface area contributed by atoms with Gasteiger partial charge in [-0.05, 0) is 103 Å². The van der Waals surface area contributed by atoms with Crippen molar-refractivity contribution in [2.75, 3.05) is 6.61 Å². The van der Waals surface area contributed by atoms with Gasteiger partial charge in [0.1, 0.15) is 48.1 Å². The molecule has 2 heterocycles. The molecule has 0 aromatic rings. The fourth-order valence-corrected chi connectivity index (χ4v) is 13.8. The summed E-state index contributed by atoms with van der Waals surface area (Å²) in [6.45, 7) is 14.9. The minimum Gasteiger partial charge on any atom is -0.481 e. The van der Waals surface area contributed by atoms with Crippen LogP contribution in [0.4, 0.5) is 0 Å². The van der Waals surface area contributed by atoms with Crippen molar-refractivity contribution < 1.29 is 74.5 Å². The summed E-state index contributed by atoms with van der Waals surface area (Å²) in [6.07, 6.45) is -10.5. The van der Waals surface area contributed by atoms with Gasteiger partial charge in [-0.2, -0.15) is 0 Å². The summed E-state index contributed by atoms with van der Waals surface area (Å²) in [4.78, 5) is 25.4. The van der Waals surface area contributed by atoms with Crippen molar-refractivity contribution in [2.24, 2.45) is 50.2 Å². The molecular formula is C42H66O15. The molecule has 7 rings (SSSR count). The molecule has 7 aliphatic rings. The lowest BCUT2D eigenvalue weighted by molar-refractivity contribution is -0.365. The molecule has 2 saturated heterocycles. The highest BCUT2D eigenvalue weighted by atomic mass is 16.7. The van der Waals surface area contributed by atoms with Crippen LogP contribution in [0, 0.1) is 50.2 Å². The zero-order valence-corrected chi connectivity index (χ0v) is 34.3. The van der Waals surface area contributed by atoms with Crippen molar-refractivity contribution in [3.63, 3.8) is 0 Å². The molecule has 0 aromatic carbocycles. The summed E-state index contributed by atoms with van der Waals surface area (Å²) >= 11 is 0. The SMILES string of the molecule is CC1(C)CCC2(C(=O)O)C(O)CC3(C)C(=CCC4C5(C)CCC(OC6OC(C(=O)O)C(O)C(OC7OC(CO)C(O)C(O)C7O)C6O)C(C)(C)C5CCC43C)C2C1. The van der Waals surface area contributed by atoms with Crippen LogP contribution in [-0.2, 0) is 28.5 Å². The molecular weight excluding hydrogens is 744 g/mol. The molecule has 0 radical (unpaired) electrons. The normalized spacial score (nSPS) is 52.9. The Hall–Kier alpha value is -1.76. The third kappa shape index (κ3) is 6.30. The Balaban J connectivity index is 1.14. The van der Waals surface area contributed by atoms with Crippen LogP contribution in [0.1, 0.15) is 106 Å². The fourth-order valence-electron chi connectivity index (χ4n) is 13.8. The monoisotopic (exact) mass is 810 g/mol. The van der Waals surface area contributed by atoms with Crippen molar-refractivity contribution in [1.29, 1.82) is 0 Å². The third-order valence-corrected chi connectivity index (χ3v) is 17.2. The lowest BCUT2D eigenvalue weighted by Crippen LogP contribution is -2.68. The minimum absolute atomic E-state index is 0.0451. The summed E-state index contributed by atoms with van der Waals surface area (Å²) in [6, 6.07) is 0. The van der Waals surface area contributed by atoms with Gasteiger partial charge in [0.25, 0.3) is 0 Å². The van der Waals surface area contributed by atoms with Gasteiger partial charge >= 0.3 is 11.9 Å². The Morgan fingerprint density at radius 1 is 0.754 bits per heavy atom. The van der Waals surface area contributed by atoms with Gasteiger partial charge in [0.05, 0.1) is 18.8 Å². The van der Waals surface area contributed by atoms with Crippen LogP contribution >= 0.6 is 0 Å². The maximum Gasteiger partial charge on any atom is 0.335 e. The Morgan fingerprint density at radius 2 is 1.42 bits per heavy atom. The number of fused-ring (bicyclic) bond motifs is 7. The van der Waals surface area contributed by atoms with Gasteiger partial charge in [-0.1, -0.05) is 60.1 Å². The summed E-state index contributed by atoms with van der Waals surface area (Å²) < 4.78 is 23.4. The second kappa shape index (κ2) is 14.4. The van der Waals surface area contributed by atoms with Crippen molar-refractivity contribution in [3.8, 4) is 0 Å². The molecule has 15 heteroatoms. The Labute approximate surface area is 334 Å². The zero-order chi connectivity index (χ0) is 42.0. The number of carboxylic acid groups (broad SMARTS) is 2. The molecule has 9 N–H and O–H groups in total. The van der Waals surface area contributed by atoms with E-state index in [0.717, 1.165) is 32.1 Å². The molecule has 0 bridgehead atoms. The number of rotatable bonds is 7. The fraction of sp³-hybridized carbons (Fsp3) is 0.905. The molecule has 57 heavy (non-hydrogen) atoms. The van der Waals surface area contributed by atoms with Gasteiger partial charge in [0, 0.05) is 0 Å². The zero-order valence-electron chi connectivity index (χ0n) is 34.3. The van der Waals surface area contributed by atoms with Gasteiger partial charge in [-0.25, -0.2) is 4.79 Å².